The van der Waals surface area contributed by atoms with Crippen molar-refractivity contribution in [2.45, 2.75) is 19.4 Å². The van der Waals surface area contributed by atoms with E-state index in [9.17, 15) is 9.59 Å². The Labute approximate surface area is 118 Å². The van der Waals surface area contributed by atoms with Crippen LogP contribution in [0.15, 0.2) is 24.3 Å². The highest BCUT2D eigenvalue weighted by Gasteiger charge is 2.39. The van der Waals surface area contributed by atoms with Crippen molar-refractivity contribution < 1.29 is 9.59 Å². The van der Waals surface area contributed by atoms with Gasteiger partial charge < -0.3 is 5.32 Å². The molecular weight excluding hydrogens is 254 g/mol. The minimum absolute atomic E-state index is 0.0619. The molecule has 1 aromatic rings. The fraction of sp³-hybridized carbons (Fsp3) is 0.467. The first kappa shape index (κ1) is 13.3. The van der Waals surface area contributed by atoms with Crippen molar-refractivity contribution >= 4 is 11.8 Å². The van der Waals surface area contributed by atoms with E-state index in [2.05, 4.69) is 24.1 Å². The zero-order chi connectivity index (χ0) is 14.3. The van der Waals surface area contributed by atoms with Gasteiger partial charge in [-0.2, -0.15) is 0 Å². The summed E-state index contributed by atoms with van der Waals surface area (Å²) in [5.41, 5.74) is 0.976. The molecule has 1 N–H and O–H groups in total. The number of nitrogens with one attached hydrogen (secondary N) is 1. The molecule has 1 aromatic carbocycles. The molecule has 3 rings (SSSR count). The average molecular weight is 273 g/mol. The maximum absolute atomic E-state index is 12.4. The predicted octanol–water partition coefficient (Wildman–Crippen LogP) is 0.924. The molecule has 2 aliphatic heterocycles. The van der Waals surface area contributed by atoms with Crippen LogP contribution in [-0.2, 0) is 0 Å². The van der Waals surface area contributed by atoms with Crippen LogP contribution in [0.4, 0.5) is 0 Å². The van der Waals surface area contributed by atoms with Crippen LogP contribution in [0.25, 0.3) is 0 Å². The zero-order valence-corrected chi connectivity index (χ0v) is 11.8. The maximum Gasteiger partial charge on any atom is 0.262 e. The van der Waals surface area contributed by atoms with Crippen molar-refractivity contribution in [3.8, 4) is 0 Å². The lowest BCUT2D eigenvalue weighted by atomic mass is 10.0. The van der Waals surface area contributed by atoms with Crippen molar-refractivity contribution in [2.24, 2.45) is 0 Å². The first-order valence-corrected chi connectivity index (χ1v) is 6.92. The van der Waals surface area contributed by atoms with Crippen LogP contribution in [0.1, 0.15) is 34.6 Å². The Balaban J connectivity index is 1.83. The van der Waals surface area contributed by atoms with Crippen molar-refractivity contribution in [2.75, 3.05) is 26.3 Å². The number of imide groups is 1. The maximum atomic E-state index is 12.4. The van der Waals surface area contributed by atoms with Crippen molar-refractivity contribution in [1.29, 1.82) is 0 Å². The van der Waals surface area contributed by atoms with Gasteiger partial charge in [-0.3, -0.25) is 19.4 Å². The molecule has 20 heavy (non-hydrogen) atoms. The molecule has 0 bridgehead atoms. The zero-order valence-electron chi connectivity index (χ0n) is 11.8. The van der Waals surface area contributed by atoms with Gasteiger partial charge in [-0.05, 0) is 26.0 Å². The minimum Gasteiger partial charge on any atom is -0.314 e. The van der Waals surface area contributed by atoms with E-state index in [1.807, 2.05) is 0 Å². The Morgan fingerprint density at radius 1 is 1.15 bits per heavy atom. The van der Waals surface area contributed by atoms with Gasteiger partial charge in [0.05, 0.1) is 17.8 Å². The molecule has 1 saturated heterocycles. The molecule has 0 radical (unpaired) electrons. The summed E-state index contributed by atoms with van der Waals surface area (Å²) in [6.07, 6.45) is 0. The topological polar surface area (TPSA) is 52.6 Å². The lowest BCUT2D eigenvalue weighted by Crippen LogP contribution is -2.60. The number of rotatable bonds is 2. The fourth-order valence-electron chi connectivity index (χ4n) is 2.82. The van der Waals surface area contributed by atoms with Crippen LogP contribution in [0.5, 0.6) is 0 Å². The summed E-state index contributed by atoms with van der Waals surface area (Å²) in [4.78, 5) is 28.3. The Hall–Kier alpha value is -1.72. The van der Waals surface area contributed by atoms with Crippen LogP contribution in [0, 0.1) is 0 Å². The van der Waals surface area contributed by atoms with Gasteiger partial charge in [0.2, 0.25) is 0 Å². The summed E-state index contributed by atoms with van der Waals surface area (Å²) in [5.74, 6) is -0.361. The van der Waals surface area contributed by atoms with E-state index in [0.29, 0.717) is 17.8 Å². The number of carbonyl (C=O) groups excluding carboxylic acids is 2. The van der Waals surface area contributed by atoms with Crippen LogP contribution in [-0.4, -0.2) is 53.5 Å². The summed E-state index contributed by atoms with van der Waals surface area (Å²) in [5, 5.41) is 3.34. The average Bonchev–Trinajstić information content (AvgIpc) is 2.66. The molecule has 1 fully saturated rings. The van der Waals surface area contributed by atoms with Crippen molar-refractivity contribution in [1.82, 2.24) is 15.1 Å². The molecule has 106 valence electrons. The van der Waals surface area contributed by atoms with Crippen LogP contribution in [0.2, 0.25) is 0 Å². The van der Waals surface area contributed by atoms with Gasteiger partial charge in [0.25, 0.3) is 11.8 Å². The third kappa shape index (κ3) is 2.03. The number of piperazine rings is 1. The van der Waals surface area contributed by atoms with E-state index < -0.39 is 0 Å². The fourth-order valence-corrected chi connectivity index (χ4v) is 2.82. The summed E-state index contributed by atoms with van der Waals surface area (Å²) in [6, 6.07) is 7.03. The van der Waals surface area contributed by atoms with E-state index in [1.54, 1.807) is 24.3 Å². The molecule has 0 unspecified atom stereocenters. The predicted molar refractivity (Wildman–Crippen MR) is 75.5 cm³/mol. The van der Waals surface area contributed by atoms with Crippen molar-refractivity contribution in [3.63, 3.8) is 0 Å². The Kier molecular flexibility index (Phi) is 3.11. The van der Waals surface area contributed by atoms with Gasteiger partial charge in [0, 0.05) is 25.2 Å². The van der Waals surface area contributed by atoms with Gasteiger partial charge in [-0.15, -0.1) is 0 Å². The van der Waals surface area contributed by atoms with E-state index in [1.165, 1.54) is 4.90 Å². The highest BCUT2D eigenvalue weighted by Crippen LogP contribution is 2.25. The molecule has 2 heterocycles. The standard InChI is InChI=1S/C15H19N3O2/c1-15(2)9-16-7-8-17(15)10-18-13(19)11-5-3-4-6-12(11)14(18)20/h3-6,16H,7-10H2,1-2H3. The Bertz CT molecular complexity index is 533. The normalized spacial score (nSPS) is 22.2. The summed E-state index contributed by atoms with van der Waals surface area (Å²) >= 11 is 0. The summed E-state index contributed by atoms with van der Waals surface area (Å²) in [7, 11) is 0. The van der Waals surface area contributed by atoms with E-state index in [0.717, 1.165) is 19.6 Å². The largest absolute Gasteiger partial charge is 0.314 e. The molecule has 0 aliphatic carbocycles. The van der Waals surface area contributed by atoms with Gasteiger partial charge >= 0.3 is 0 Å². The van der Waals surface area contributed by atoms with Crippen LogP contribution < -0.4 is 5.32 Å². The Morgan fingerprint density at radius 2 is 1.75 bits per heavy atom. The minimum atomic E-state index is -0.181. The molecule has 5 nitrogen and oxygen atoms in total. The number of nitrogens with zero attached hydrogens (tertiary/aromatic N) is 2. The number of benzene rings is 1. The first-order chi connectivity index (χ1) is 9.50. The first-order valence-electron chi connectivity index (χ1n) is 6.92. The number of carbonyl (C=O) groups is 2. The molecule has 5 heteroatoms. The smallest absolute Gasteiger partial charge is 0.262 e. The highest BCUT2D eigenvalue weighted by atomic mass is 16.2. The molecule has 0 saturated carbocycles. The summed E-state index contributed by atoms with van der Waals surface area (Å²) < 4.78 is 0. The second-order valence-corrected chi connectivity index (χ2v) is 5.98. The lowest BCUT2D eigenvalue weighted by Gasteiger charge is -2.43. The van der Waals surface area contributed by atoms with Gasteiger partial charge in [-0.1, -0.05) is 12.1 Å². The van der Waals surface area contributed by atoms with Gasteiger partial charge in [0.1, 0.15) is 0 Å². The third-order valence-corrected chi connectivity index (χ3v) is 4.16. The second kappa shape index (κ2) is 4.68. The quantitative estimate of drug-likeness (QED) is 0.814. The van der Waals surface area contributed by atoms with E-state index in [4.69, 9.17) is 0 Å². The number of hydrogen-bond acceptors (Lipinski definition) is 4. The lowest BCUT2D eigenvalue weighted by molar-refractivity contribution is 0.0263. The highest BCUT2D eigenvalue weighted by molar-refractivity contribution is 6.21. The number of hydrogen-bond donors (Lipinski definition) is 1. The van der Waals surface area contributed by atoms with Gasteiger partial charge in [0.15, 0.2) is 0 Å². The molecular formula is C15H19N3O2. The van der Waals surface area contributed by atoms with E-state index in [-0.39, 0.29) is 17.4 Å². The SMILES string of the molecule is CC1(C)CNCCN1CN1C(=O)c2ccccc2C1=O. The molecule has 0 atom stereocenters. The van der Waals surface area contributed by atoms with Crippen molar-refractivity contribution in [3.05, 3.63) is 35.4 Å². The van der Waals surface area contributed by atoms with Crippen LogP contribution in [0.3, 0.4) is 0 Å². The number of amides is 2. The number of fused-ring (bicyclic) bond motifs is 1. The molecule has 2 amide bonds. The van der Waals surface area contributed by atoms with Gasteiger partial charge in [-0.25, -0.2) is 0 Å². The summed E-state index contributed by atoms with van der Waals surface area (Å²) in [6.45, 7) is 7.18. The van der Waals surface area contributed by atoms with E-state index >= 15 is 0 Å². The second-order valence-electron chi connectivity index (χ2n) is 5.98. The molecule has 0 spiro atoms. The monoisotopic (exact) mass is 273 g/mol. The molecule has 0 aromatic heterocycles. The Morgan fingerprint density at radius 3 is 2.30 bits per heavy atom. The third-order valence-electron chi connectivity index (χ3n) is 4.16. The molecule has 2 aliphatic rings. The van der Waals surface area contributed by atoms with Crippen LogP contribution >= 0.6 is 0 Å².